The average Bonchev–Trinajstić information content (AvgIpc) is 3.09. The first kappa shape index (κ1) is 18.3. The Labute approximate surface area is 140 Å². The number of hydrogen-bond acceptors (Lipinski definition) is 6. The van der Waals surface area contributed by atoms with Crippen molar-refractivity contribution in [3.63, 3.8) is 0 Å². The predicted molar refractivity (Wildman–Crippen MR) is 79.5 cm³/mol. The van der Waals surface area contributed by atoms with Crippen LogP contribution in [0.1, 0.15) is 17.5 Å². The summed E-state index contributed by atoms with van der Waals surface area (Å²) in [6.07, 6.45) is -2.90. The molecule has 2 rings (SSSR count). The number of alkyl halides is 3. The predicted octanol–water partition coefficient (Wildman–Crippen LogP) is 2.34. The van der Waals surface area contributed by atoms with E-state index < -0.39 is 29.5 Å². The summed E-state index contributed by atoms with van der Waals surface area (Å²) in [5.41, 5.74) is -3.54. The lowest BCUT2D eigenvalue weighted by molar-refractivity contribution is -0.204. The van der Waals surface area contributed by atoms with Gasteiger partial charge in [-0.15, -0.1) is 0 Å². The Morgan fingerprint density at radius 2 is 2.00 bits per heavy atom. The average molecular weight is 357 g/mol. The molecule has 1 amide bonds. The molecule has 0 aliphatic rings. The van der Waals surface area contributed by atoms with E-state index in [1.165, 1.54) is 37.4 Å². The number of amides is 1. The number of nitrogens with one attached hydrogen (secondary N) is 2. The van der Waals surface area contributed by atoms with Crippen LogP contribution in [0.5, 0.6) is 0 Å². The van der Waals surface area contributed by atoms with Crippen molar-refractivity contribution >= 4 is 17.7 Å². The Hall–Kier alpha value is -3.04. The van der Waals surface area contributed by atoms with Gasteiger partial charge in [0.25, 0.3) is 5.91 Å². The maximum atomic E-state index is 13.8. The van der Waals surface area contributed by atoms with E-state index in [1.54, 1.807) is 5.32 Å². The Kier molecular flexibility index (Phi) is 5.30. The lowest BCUT2D eigenvalue weighted by Gasteiger charge is -2.34. The zero-order valence-electron chi connectivity index (χ0n) is 13.0. The molecule has 0 radical (unpaired) electrons. The van der Waals surface area contributed by atoms with Crippen LogP contribution >= 0.6 is 0 Å². The first-order chi connectivity index (χ1) is 11.8. The fourth-order valence-electron chi connectivity index (χ4n) is 1.90. The van der Waals surface area contributed by atoms with Crippen molar-refractivity contribution in [3.05, 3.63) is 48.6 Å². The Balaban J connectivity index is 2.46. The highest BCUT2D eigenvalue weighted by atomic mass is 19.4. The summed E-state index contributed by atoms with van der Waals surface area (Å²) in [6, 6.07) is 6.57. The number of halogens is 3. The summed E-state index contributed by atoms with van der Waals surface area (Å²) in [4.78, 5) is 27.9. The molecule has 0 aliphatic carbocycles. The van der Waals surface area contributed by atoms with Crippen LogP contribution in [0.2, 0.25) is 0 Å². The summed E-state index contributed by atoms with van der Waals surface area (Å²) in [5, 5.41) is 3.55. The lowest BCUT2D eigenvalue weighted by Crippen LogP contribution is -2.69. The number of carbonyl (C=O) groups is 2. The minimum absolute atomic E-state index is 0.285. The molecule has 2 aromatic rings. The standard InChI is InChI=1S/C15H14F3N3O4/c1-2-24-13(23)14(15(16,17)18,20-11-7-3-4-8-19-11)21-12(22)10-6-5-9-25-10/h3-9H,2H2,1H3,(H,19,20)(H,21,22)/t14-/m1/s1. The first-order valence-electron chi connectivity index (χ1n) is 7.09. The molecule has 0 saturated heterocycles. The molecule has 2 N–H and O–H groups in total. The smallest absolute Gasteiger partial charge is 0.441 e. The van der Waals surface area contributed by atoms with Crippen molar-refractivity contribution in [1.82, 2.24) is 10.3 Å². The van der Waals surface area contributed by atoms with Gasteiger partial charge in [0.05, 0.1) is 12.9 Å². The lowest BCUT2D eigenvalue weighted by atomic mass is 10.1. The number of aromatic nitrogens is 1. The quantitative estimate of drug-likeness (QED) is 0.609. The van der Waals surface area contributed by atoms with E-state index in [1.807, 2.05) is 5.32 Å². The molecule has 2 aromatic heterocycles. The van der Waals surface area contributed by atoms with Gasteiger partial charge in [0.15, 0.2) is 5.76 Å². The molecule has 0 spiro atoms. The van der Waals surface area contributed by atoms with Gasteiger partial charge in [-0.05, 0) is 31.2 Å². The highest BCUT2D eigenvalue weighted by molar-refractivity contribution is 5.97. The van der Waals surface area contributed by atoms with Crippen LogP contribution in [0.25, 0.3) is 0 Å². The normalized spacial score (nSPS) is 13.6. The second-order valence-corrected chi connectivity index (χ2v) is 4.74. The summed E-state index contributed by atoms with van der Waals surface area (Å²) < 4.78 is 50.7. The molecular formula is C15H14F3N3O4. The minimum Gasteiger partial charge on any atom is -0.463 e. The minimum atomic E-state index is -5.24. The summed E-state index contributed by atoms with van der Waals surface area (Å²) >= 11 is 0. The van der Waals surface area contributed by atoms with Crippen LogP contribution in [0, 0.1) is 0 Å². The van der Waals surface area contributed by atoms with E-state index in [-0.39, 0.29) is 12.4 Å². The van der Waals surface area contributed by atoms with Gasteiger partial charge in [0.2, 0.25) is 0 Å². The molecule has 0 unspecified atom stereocenters. The fourth-order valence-corrected chi connectivity index (χ4v) is 1.90. The van der Waals surface area contributed by atoms with Crippen molar-refractivity contribution in [2.75, 3.05) is 11.9 Å². The molecule has 0 aromatic carbocycles. The second kappa shape index (κ2) is 7.24. The van der Waals surface area contributed by atoms with E-state index in [2.05, 4.69) is 9.72 Å². The third-order valence-electron chi connectivity index (χ3n) is 3.03. The van der Waals surface area contributed by atoms with Crippen molar-refractivity contribution < 1.29 is 31.9 Å². The Morgan fingerprint density at radius 3 is 2.52 bits per heavy atom. The molecule has 0 bridgehead atoms. The van der Waals surface area contributed by atoms with Crippen LogP contribution in [-0.2, 0) is 9.53 Å². The van der Waals surface area contributed by atoms with Gasteiger partial charge in [0.1, 0.15) is 5.82 Å². The van der Waals surface area contributed by atoms with E-state index in [9.17, 15) is 22.8 Å². The van der Waals surface area contributed by atoms with Gasteiger partial charge >= 0.3 is 17.8 Å². The molecule has 0 saturated carbocycles. The van der Waals surface area contributed by atoms with E-state index in [4.69, 9.17) is 4.42 Å². The molecule has 25 heavy (non-hydrogen) atoms. The van der Waals surface area contributed by atoms with Gasteiger partial charge in [-0.3, -0.25) is 4.79 Å². The highest BCUT2D eigenvalue weighted by Crippen LogP contribution is 2.33. The first-order valence-corrected chi connectivity index (χ1v) is 7.09. The fraction of sp³-hybridized carbons (Fsp3) is 0.267. The molecular weight excluding hydrogens is 343 g/mol. The van der Waals surface area contributed by atoms with Gasteiger partial charge in [-0.2, -0.15) is 13.2 Å². The SMILES string of the molecule is CCOC(=O)[C@](NC(=O)c1ccco1)(Nc1ccccn1)C(F)(F)F. The third-order valence-corrected chi connectivity index (χ3v) is 3.03. The van der Waals surface area contributed by atoms with Crippen molar-refractivity contribution in [2.45, 2.75) is 18.8 Å². The van der Waals surface area contributed by atoms with Crippen molar-refractivity contribution in [1.29, 1.82) is 0 Å². The van der Waals surface area contributed by atoms with Crippen molar-refractivity contribution in [2.24, 2.45) is 0 Å². The van der Waals surface area contributed by atoms with Gasteiger partial charge in [-0.1, -0.05) is 6.07 Å². The number of nitrogens with zero attached hydrogens (tertiary/aromatic N) is 1. The molecule has 1 atom stereocenters. The molecule has 10 heteroatoms. The van der Waals surface area contributed by atoms with Crippen LogP contribution in [-0.4, -0.2) is 35.3 Å². The van der Waals surface area contributed by atoms with Crippen LogP contribution in [0.15, 0.2) is 47.2 Å². The zero-order chi connectivity index (χ0) is 18.5. The van der Waals surface area contributed by atoms with Gasteiger partial charge in [-0.25, -0.2) is 9.78 Å². The molecule has 7 nitrogen and oxygen atoms in total. The maximum Gasteiger partial charge on any atom is 0.441 e. The number of carbonyl (C=O) groups excluding carboxylic acids is 2. The largest absolute Gasteiger partial charge is 0.463 e. The number of furan rings is 1. The van der Waals surface area contributed by atoms with Gasteiger partial charge in [0, 0.05) is 6.20 Å². The van der Waals surface area contributed by atoms with E-state index in [0.29, 0.717) is 0 Å². The number of rotatable bonds is 6. The number of anilines is 1. The third kappa shape index (κ3) is 3.90. The maximum absolute atomic E-state index is 13.8. The number of hydrogen-bond donors (Lipinski definition) is 2. The van der Waals surface area contributed by atoms with Crippen LogP contribution in [0.4, 0.5) is 19.0 Å². The summed E-state index contributed by atoms with van der Waals surface area (Å²) in [7, 11) is 0. The topological polar surface area (TPSA) is 93.5 Å². The number of esters is 1. The Morgan fingerprint density at radius 1 is 1.24 bits per heavy atom. The zero-order valence-corrected chi connectivity index (χ0v) is 13.0. The van der Waals surface area contributed by atoms with E-state index in [0.717, 1.165) is 12.3 Å². The highest BCUT2D eigenvalue weighted by Gasteiger charge is 2.64. The van der Waals surface area contributed by atoms with Crippen LogP contribution in [0.3, 0.4) is 0 Å². The molecule has 134 valence electrons. The van der Waals surface area contributed by atoms with Gasteiger partial charge < -0.3 is 19.8 Å². The monoisotopic (exact) mass is 357 g/mol. The summed E-state index contributed by atoms with van der Waals surface area (Å²) in [5.74, 6) is -3.67. The molecule has 0 aliphatic heterocycles. The number of ether oxygens (including phenoxy) is 1. The number of pyridine rings is 1. The van der Waals surface area contributed by atoms with Crippen molar-refractivity contribution in [3.8, 4) is 0 Å². The Bertz CT molecular complexity index is 719. The molecule has 0 fully saturated rings. The summed E-state index contributed by atoms with van der Waals surface area (Å²) in [6.45, 7) is 1.02. The molecule has 2 heterocycles. The second-order valence-electron chi connectivity index (χ2n) is 4.74. The van der Waals surface area contributed by atoms with E-state index >= 15 is 0 Å². The van der Waals surface area contributed by atoms with Crippen LogP contribution < -0.4 is 10.6 Å².